The molecule has 2 aliphatic rings. The summed E-state index contributed by atoms with van der Waals surface area (Å²) < 4.78 is 2.51. The predicted octanol–water partition coefficient (Wildman–Crippen LogP) is 12.2. The van der Waals surface area contributed by atoms with Crippen molar-refractivity contribution in [3.05, 3.63) is 198 Å². The van der Waals surface area contributed by atoms with Crippen molar-refractivity contribution in [2.45, 2.75) is 25.0 Å². The van der Waals surface area contributed by atoms with Crippen LogP contribution in [0.25, 0.3) is 71.6 Å². The van der Waals surface area contributed by atoms with Crippen LogP contribution in [0, 0.1) is 0 Å². The highest BCUT2D eigenvalue weighted by atomic mass is 15.2. The molecule has 8 aromatic carbocycles. The van der Waals surface area contributed by atoms with Gasteiger partial charge in [-0.15, -0.1) is 0 Å². The van der Waals surface area contributed by atoms with Gasteiger partial charge in [-0.3, -0.25) is 5.32 Å². The Morgan fingerprint density at radius 2 is 1.36 bits per heavy atom. The lowest BCUT2D eigenvalue weighted by Gasteiger charge is -2.34. The Hall–Kier alpha value is -6.42. The van der Waals surface area contributed by atoms with Crippen molar-refractivity contribution in [2.24, 2.45) is 0 Å². The lowest BCUT2D eigenvalue weighted by molar-refractivity contribution is 0.442. The first-order chi connectivity index (χ1) is 26.3. The van der Waals surface area contributed by atoms with E-state index in [1.165, 1.54) is 81.9 Å². The van der Waals surface area contributed by atoms with Gasteiger partial charge >= 0.3 is 0 Å². The third kappa shape index (κ3) is 4.85. The largest absolute Gasteiger partial charge is 0.366 e. The topological polar surface area (TPSA) is 29.0 Å². The third-order valence-electron chi connectivity index (χ3n) is 11.5. The number of para-hydroxylation sites is 1. The number of hydrogen-bond acceptors (Lipinski definition) is 2. The van der Waals surface area contributed by atoms with Gasteiger partial charge in [0.15, 0.2) is 0 Å². The van der Waals surface area contributed by atoms with Crippen LogP contribution in [0.4, 0.5) is 0 Å². The van der Waals surface area contributed by atoms with Gasteiger partial charge < -0.3 is 9.88 Å². The summed E-state index contributed by atoms with van der Waals surface area (Å²) in [4.78, 5) is 0. The molecule has 0 radical (unpaired) electrons. The highest BCUT2D eigenvalue weighted by Gasteiger charge is 2.26. The fourth-order valence-corrected chi connectivity index (χ4v) is 9.01. The smallest absolute Gasteiger partial charge is 0.104 e. The molecule has 3 heteroatoms. The summed E-state index contributed by atoms with van der Waals surface area (Å²) in [5.41, 5.74) is 11.2. The van der Waals surface area contributed by atoms with E-state index in [2.05, 4.69) is 191 Å². The Morgan fingerprint density at radius 1 is 0.566 bits per heavy atom. The van der Waals surface area contributed by atoms with Crippen LogP contribution in [-0.4, -0.2) is 4.57 Å². The fourth-order valence-electron chi connectivity index (χ4n) is 9.01. The van der Waals surface area contributed by atoms with Crippen LogP contribution in [0.3, 0.4) is 0 Å². The van der Waals surface area contributed by atoms with Crippen LogP contribution in [0.5, 0.6) is 0 Å². The van der Waals surface area contributed by atoms with Crippen molar-refractivity contribution < 1.29 is 0 Å². The maximum absolute atomic E-state index is 4.00. The molecule has 3 nitrogen and oxygen atoms in total. The van der Waals surface area contributed by atoms with Crippen LogP contribution in [0.2, 0.25) is 0 Å². The second kappa shape index (κ2) is 12.1. The summed E-state index contributed by atoms with van der Waals surface area (Å²) in [6.07, 6.45) is 9.03. The van der Waals surface area contributed by atoms with E-state index in [-0.39, 0.29) is 12.2 Å². The summed E-state index contributed by atoms with van der Waals surface area (Å²) in [7, 11) is 0. The predicted molar refractivity (Wildman–Crippen MR) is 223 cm³/mol. The van der Waals surface area contributed by atoms with Gasteiger partial charge in [0.1, 0.15) is 6.17 Å². The van der Waals surface area contributed by atoms with Gasteiger partial charge in [-0.2, -0.15) is 0 Å². The van der Waals surface area contributed by atoms with Crippen LogP contribution < -0.4 is 10.6 Å². The zero-order valence-electron chi connectivity index (χ0n) is 29.3. The summed E-state index contributed by atoms with van der Waals surface area (Å²) in [5.74, 6) is 0. The number of nitrogens with one attached hydrogen (secondary N) is 2. The van der Waals surface area contributed by atoms with Gasteiger partial charge in [-0.05, 0) is 86.5 Å². The molecule has 0 spiro atoms. The first-order valence-electron chi connectivity index (χ1n) is 18.7. The number of rotatable bonds is 4. The summed E-state index contributed by atoms with van der Waals surface area (Å²) in [6.45, 7) is 0. The third-order valence-corrected chi connectivity index (χ3v) is 11.5. The standard InChI is InChI=1S/C50H37N3/c1-2-15-34(16-3-1)44-31-45(52-50(51-44)37-26-25-32-13-4-5-17-35(32)29-37)36-18-12-19-38(30-36)53-46-24-11-10-23-43(46)48-47-39-20-7-6-14-33(39)27-28-41(47)40-21-8-9-22-42(40)49(48)53/h1-4,6-16,18-31,45,50-52H,5,17H2. The molecule has 252 valence electrons. The highest BCUT2D eigenvalue weighted by molar-refractivity contribution is 6.36. The molecule has 0 amide bonds. The Kier molecular flexibility index (Phi) is 6.89. The first kappa shape index (κ1) is 30.2. The number of fused-ring (bicyclic) bond motifs is 11. The van der Waals surface area contributed by atoms with Crippen molar-refractivity contribution in [1.29, 1.82) is 0 Å². The minimum Gasteiger partial charge on any atom is -0.366 e. The van der Waals surface area contributed by atoms with E-state index in [1.54, 1.807) is 0 Å². The fraction of sp³-hybridized carbons (Fsp3) is 0.0800. The van der Waals surface area contributed by atoms with E-state index in [0.29, 0.717) is 0 Å². The lowest BCUT2D eigenvalue weighted by atomic mass is 9.93. The number of aryl methyl sites for hydroxylation is 1. The molecule has 9 aromatic rings. The van der Waals surface area contributed by atoms with Crippen molar-refractivity contribution in [3.63, 3.8) is 0 Å². The molecule has 2 atom stereocenters. The number of allylic oxidation sites excluding steroid dienone is 1. The van der Waals surface area contributed by atoms with Gasteiger partial charge in [0.05, 0.1) is 17.1 Å². The summed E-state index contributed by atoms with van der Waals surface area (Å²) >= 11 is 0. The Balaban J connectivity index is 1.13. The van der Waals surface area contributed by atoms with Crippen LogP contribution in [-0.2, 0) is 6.42 Å². The van der Waals surface area contributed by atoms with Gasteiger partial charge in [0.25, 0.3) is 0 Å². The number of aromatic nitrogens is 1. The van der Waals surface area contributed by atoms with Crippen molar-refractivity contribution in [1.82, 2.24) is 15.2 Å². The second-order valence-electron chi connectivity index (χ2n) is 14.5. The van der Waals surface area contributed by atoms with E-state index in [0.717, 1.165) is 24.2 Å². The van der Waals surface area contributed by atoms with Crippen molar-refractivity contribution in [2.75, 3.05) is 0 Å². The zero-order valence-corrected chi connectivity index (χ0v) is 29.3. The number of benzene rings is 8. The first-order valence-corrected chi connectivity index (χ1v) is 18.7. The molecule has 2 heterocycles. The van der Waals surface area contributed by atoms with E-state index in [4.69, 9.17) is 0 Å². The molecular formula is C50H37N3. The molecule has 2 N–H and O–H groups in total. The van der Waals surface area contributed by atoms with E-state index >= 15 is 0 Å². The minimum atomic E-state index is -0.0445. The van der Waals surface area contributed by atoms with E-state index in [9.17, 15) is 0 Å². The Bertz CT molecular complexity index is 2970. The molecule has 11 rings (SSSR count). The molecule has 0 saturated heterocycles. The quantitative estimate of drug-likeness (QED) is 0.181. The highest BCUT2D eigenvalue weighted by Crippen LogP contribution is 2.45. The molecule has 0 saturated carbocycles. The summed E-state index contributed by atoms with van der Waals surface area (Å²) in [6, 6.07) is 58.1. The molecular weight excluding hydrogens is 643 g/mol. The van der Waals surface area contributed by atoms with Crippen LogP contribution in [0.1, 0.15) is 46.4 Å². The second-order valence-corrected chi connectivity index (χ2v) is 14.5. The minimum absolute atomic E-state index is 0.0121. The van der Waals surface area contributed by atoms with Crippen LogP contribution >= 0.6 is 0 Å². The maximum atomic E-state index is 4.00. The maximum Gasteiger partial charge on any atom is 0.104 e. The normalized spacial score (nSPS) is 17.0. The lowest BCUT2D eigenvalue weighted by Crippen LogP contribution is -2.39. The number of hydrogen-bond donors (Lipinski definition) is 2. The average Bonchev–Trinajstić information content (AvgIpc) is 3.59. The van der Waals surface area contributed by atoms with Crippen LogP contribution in [0.15, 0.2) is 170 Å². The molecule has 53 heavy (non-hydrogen) atoms. The average molecular weight is 680 g/mol. The van der Waals surface area contributed by atoms with Crippen molar-refractivity contribution in [3.8, 4) is 5.69 Å². The van der Waals surface area contributed by atoms with E-state index < -0.39 is 0 Å². The molecule has 0 fully saturated rings. The van der Waals surface area contributed by atoms with E-state index in [1.807, 2.05) is 0 Å². The summed E-state index contributed by atoms with van der Waals surface area (Å²) in [5, 5.41) is 18.2. The molecule has 2 unspecified atom stereocenters. The monoisotopic (exact) mass is 679 g/mol. The SMILES string of the molecule is C1=Cc2ccc(C3NC(c4ccccc4)=CC(c4cccc(-n5c6ccccc6c6c7c8ccccc8ccc7c7ccccc7c65)c4)N3)cc2CC1. The molecule has 1 aliphatic heterocycles. The molecule has 1 aromatic heterocycles. The van der Waals surface area contributed by atoms with Gasteiger partial charge in [-0.1, -0.05) is 152 Å². The molecule has 0 bridgehead atoms. The number of nitrogens with zero attached hydrogens (tertiary/aromatic N) is 1. The van der Waals surface area contributed by atoms with Gasteiger partial charge in [-0.25, -0.2) is 0 Å². The Labute approximate surface area is 308 Å². The zero-order chi connectivity index (χ0) is 34.9. The Morgan fingerprint density at radius 3 is 2.26 bits per heavy atom. The van der Waals surface area contributed by atoms with Crippen molar-refractivity contribution >= 4 is 65.9 Å². The van der Waals surface area contributed by atoms with Gasteiger partial charge in [0, 0.05) is 32.9 Å². The molecule has 1 aliphatic carbocycles. The van der Waals surface area contributed by atoms with Gasteiger partial charge in [0.2, 0.25) is 0 Å².